The van der Waals surface area contributed by atoms with Crippen molar-refractivity contribution in [2.24, 2.45) is 0 Å². The van der Waals surface area contributed by atoms with Gasteiger partial charge in [-0.25, -0.2) is 9.78 Å². The fourth-order valence-electron chi connectivity index (χ4n) is 2.83. The second kappa shape index (κ2) is 6.65. The molecule has 2 rings (SSSR count). The summed E-state index contributed by atoms with van der Waals surface area (Å²) in [7, 11) is 3.86. The first-order chi connectivity index (χ1) is 10.3. The second-order valence-corrected chi connectivity index (χ2v) is 6.95. The maximum atomic E-state index is 12.3. The molecule has 1 fully saturated rings. The molecule has 5 nitrogen and oxygen atoms in total. The number of amides is 1. The number of rotatable bonds is 2. The molecular formula is C17H27N3O2. The van der Waals surface area contributed by atoms with E-state index in [2.05, 4.69) is 23.0 Å². The summed E-state index contributed by atoms with van der Waals surface area (Å²) < 4.78 is 5.46. The number of likely N-dealkylation sites (tertiary alicyclic amines) is 1. The number of nitrogens with zero attached hydrogens (tertiary/aromatic N) is 3. The Kier molecular flexibility index (Phi) is 5.06. The first-order valence-corrected chi connectivity index (χ1v) is 7.91. The van der Waals surface area contributed by atoms with Crippen molar-refractivity contribution in [3.05, 3.63) is 23.9 Å². The maximum absolute atomic E-state index is 12.3. The zero-order chi connectivity index (χ0) is 16.3. The SMILES string of the molecule is CN(C(=O)OC(C)(C)C)c1ncccc1[C@@H]1CCCCN1C. The van der Waals surface area contributed by atoms with Crippen LogP contribution in [0.2, 0.25) is 0 Å². The van der Waals surface area contributed by atoms with Crippen LogP contribution < -0.4 is 4.90 Å². The second-order valence-electron chi connectivity index (χ2n) is 6.95. The van der Waals surface area contributed by atoms with Crippen LogP contribution in [-0.2, 0) is 4.74 Å². The number of aromatic nitrogens is 1. The molecule has 1 aromatic heterocycles. The highest BCUT2D eigenvalue weighted by atomic mass is 16.6. The summed E-state index contributed by atoms with van der Waals surface area (Å²) in [6, 6.07) is 4.31. The first-order valence-electron chi connectivity index (χ1n) is 7.91. The van der Waals surface area contributed by atoms with Gasteiger partial charge in [-0.15, -0.1) is 0 Å². The van der Waals surface area contributed by atoms with Crippen LogP contribution in [-0.4, -0.2) is 42.2 Å². The Morgan fingerprint density at radius 1 is 1.41 bits per heavy atom. The molecule has 22 heavy (non-hydrogen) atoms. The Labute approximate surface area is 133 Å². The van der Waals surface area contributed by atoms with Crippen LogP contribution in [0.25, 0.3) is 0 Å². The van der Waals surface area contributed by atoms with Gasteiger partial charge in [0.15, 0.2) is 0 Å². The molecule has 1 aromatic rings. The normalized spacial score (nSPS) is 19.8. The summed E-state index contributed by atoms with van der Waals surface area (Å²) in [5, 5.41) is 0. The highest BCUT2D eigenvalue weighted by molar-refractivity contribution is 5.87. The Morgan fingerprint density at radius 3 is 2.77 bits per heavy atom. The molecule has 1 aliphatic heterocycles. The van der Waals surface area contributed by atoms with Crippen molar-refractivity contribution in [1.29, 1.82) is 0 Å². The van der Waals surface area contributed by atoms with Gasteiger partial charge >= 0.3 is 6.09 Å². The third kappa shape index (κ3) is 3.97. The van der Waals surface area contributed by atoms with Gasteiger partial charge in [0, 0.05) is 24.8 Å². The van der Waals surface area contributed by atoms with E-state index in [9.17, 15) is 4.79 Å². The fourth-order valence-corrected chi connectivity index (χ4v) is 2.83. The molecule has 0 bridgehead atoms. The van der Waals surface area contributed by atoms with Gasteiger partial charge < -0.3 is 4.74 Å². The van der Waals surface area contributed by atoms with Gasteiger partial charge in [-0.2, -0.15) is 0 Å². The maximum Gasteiger partial charge on any atom is 0.415 e. The zero-order valence-electron chi connectivity index (χ0n) is 14.3. The molecule has 0 aromatic carbocycles. The van der Waals surface area contributed by atoms with E-state index in [0.29, 0.717) is 11.9 Å². The van der Waals surface area contributed by atoms with Crippen molar-refractivity contribution >= 4 is 11.9 Å². The number of hydrogen-bond donors (Lipinski definition) is 0. The summed E-state index contributed by atoms with van der Waals surface area (Å²) in [5.74, 6) is 0.690. The van der Waals surface area contributed by atoms with E-state index >= 15 is 0 Å². The van der Waals surface area contributed by atoms with Gasteiger partial charge in [-0.1, -0.05) is 12.5 Å². The highest BCUT2D eigenvalue weighted by Crippen LogP contribution is 2.34. The van der Waals surface area contributed by atoms with E-state index in [1.165, 1.54) is 17.7 Å². The highest BCUT2D eigenvalue weighted by Gasteiger charge is 2.28. The van der Waals surface area contributed by atoms with Crippen LogP contribution in [0.15, 0.2) is 18.3 Å². The number of carbonyl (C=O) groups is 1. The average molecular weight is 305 g/mol. The van der Waals surface area contributed by atoms with Gasteiger partial charge in [0.1, 0.15) is 11.4 Å². The molecule has 0 saturated carbocycles. The summed E-state index contributed by atoms with van der Waals surface area (Å²) >= 11 is 0. The van der Waals surface area contributed by atoms with Crippen LogP contribution in [0.1, 0.15) is 51.6 Å². The van der Waals surface area contributed by atoms with Gasteiger partial charge in [0.25, 0.3) is 0 Å². The van der Waals surface area contributed by atoms with Crippen LogP contribution in [0.3, 0.4) is 0 Å². The third-order valence-corrected chi connectivity index (χ3v) is 3.93. The Balaban J connectivity index is 2.26. The molecule has 122 valence electrons. The average Bonchev–Trinajstić information content (AvgIpc) is 2.45. The van der Waals surface area contributed by atoms with Crippen LogP contribution in [0.5, 0.6) is 0 Å². The lowest BCUT2D eigenvalue weighted by Crippen LogP contribution is -2.36. The fraction of sp³-hybridized carbons (Fsp3) is 0.647. The van der Waals surface area contributed by atoms with E-state index in [4.69, 9.17) is 4.74 Å². The quantitative estimate of drug-likeness (QED) is 0.837. The Morgan fingerprint density at radius 2 is 2.14 bits per heavy atom. The Bertz CT molecular complexity index is 525. The molecule has 1 aliphatic rings. The summed E-state index contributed by atoms with van der Waals surface area (Å²) in [4.78, 5) is 20.6. The summed E-state index contributed by atoms with van der Waals surface area (Å²) in [5.41, 5.74) is 0.583. The monoisotopic (exact) mass is 305 g/mol. The van der Waals surface area contributed by atoms with E-state index in [1.807, 2.05) is 26.8 Å². The molecule has 1 atom stereocenters. The largest absolute Gasteiger partial charge is 0.443 e. The van der Waals surface area contributed by atoms with E-state index in [-0.39, 0.29) is 6.09 Å². The van der Waals surface area contributed by atoms with Crippen molar-refractivity contribution < 1.29 is 9.53 Å². The minimum Gasteiger partial charge on any atom is -0.443 e. The van der Waals surface area contributed by atoms with Crippen molar-refractivity contribution in [2.45, 2.75) is 51.7 Å². The molecule has 1 amide bonds. The van der Waals surface area contributed by atoms with Gasteiger partial charge in [-0.05, 0) is 53.3 Å². The number of ether oxygens (including phenoxy) is 1. The molecule has 0 unspecified atom stereocenters. The van der Waals surface area contributed by atoms with Crippen molar-refractivity contribution in [2.75, 3.05) is 25.5 Å². The van der Waals surface area contributed by atoms with Crippen molar-refractivity contribution in [3.8, 4) is 0 Å². The predicted octanol–water partition coefficient (Wildman–Crippen LogP) is 3.61. The lowest BCUT2D eigenvalue weighted by atomic mass is 9.96. The Hall–Kier alpha value is -1.62. The molecule has 0 spiro atoms. The van der Waals surface area contributed by atoms with E-state index in [1.54, 1.807) is 13.2 Å². The number of anilines is 1. The minimum atomic E-state index is -0.512. The van der Waals surface area contributed by atoms with Crippen LogP contribution >= 0.6 is 0 Å². The van der Waals surface area contributed by atoms with E-state index < -0.39 is 5.60 Å². The number of piperidine rings is 1. The molecule has 1 saturated heterocycles. The topological polar surface area (TPSA) is 45.7 Å². The van der Waals surface area contributed by atoms with Crippen LogP contribution in [0.4, 0.5) is 10.6 Å². The smallest absolute Gasteiger partial charge is 0.415 e. The third-order valence-electron chi connectivity index (χ3n) is 3.93. The van der Waals surface area contributed by atoms with Crippen molar-refractivity contribution in [1.82, 2.24) is 9.88 Å². The molecule has 0 radical (unpaired) electrons. The van der Waals surface area contributed by atoms with Crippen LogP contribution in [0, 0.1) is 0 Å². The lowest BCUT2D eigenvalue weighted by molar-refractivity contribution is 0.0587. The van der Waals surface area contributed by atoms with Crippen molar-refractivity contribution in [3.63, 3.8) is 0 Å². The predicted molar refractivity (Wildman–Crippen MR) is 88.1 cm³/mol. The zero-order valence-corrected chi connectivity index (χ0v) is 14.3. The molecule has 0 aliphatic carbocycles. The number of carbonyl (C=O) groups excluding carboxylic acids is 1. The summed E-state index contributed by atoms with van der Waals surface area (Å²) in [6.45, 7) is 6.68. The van der Waals surface area contributed by atoms with Gasteiger partial charge in [0.2, 0.25) is 0 Å². The molecular weight excluding hydrogens is 278 g/mol. The molecule has 5 heteroatoms. The number of hydrogen-bond acceptors (Lipinski definition) is 4. The summed E-state index contributed by atoms with van der Waals surface area (Å²) in [6.07, 6.45) is 4.88. The molecule has 0 N–H and O–H groups in total. The minimum absolute atomic E-state index is 0.308. The first kappa shape index (κ1) is 16.7. The number of pyridine rings is 1. The van der Waals surface area contributed by atoms with Gasteiger partial charge in [-0.3, -0.25) is 9.80 Å². The van der Waals surface area contributed by atoms with E-state index in [0.717, 1.165) is 18.5 Å². The van der Waals surface area contributed by atoms with Gasteiger partial charge in [0.05, 0.1) is 0 Å². The lowest BCUT2D eigenvalue weighted by Gasteiger charge is -2.34. The standard InChI is InChI=1S/C17H27N3O2/c1-17(2,3)22-16(21)20(5)15-13(9-8-11-18-15)14-10-6-7-12-19(14)4/h8-9,11,14H,6-7,10,12H2,1-5H3/t14-/m0/s1. The molecule has 2 heterocycles.